The fraction of sp³-hybridized carbons (Fsp3) is 0.579. The van der Waals surface area contributed by atoms with Crippen molar-refractivity contribution >= 4 is 24.2 Å². The summed E-state index contributed by atoms with van der Waals surface area (Å²) in [6.45, 7) is 6.74. The summed E-state index contributed by atoms with van der Waals surface area (Å²) in [7, 11) is 0. The van der Waals surface area contributed by atoms with Gasteiger partial charge in [0.2, 0.25) is 5.91 Å². The Morgan fingerprint density at radius 2 is 1.80 bits per heavy atom. The number of carbonyl (C=O) groups is 2. The lowest BCUT2D eigenvalue weighted by atomic mass is 9.95. The molecule has 0 spiro atoms. The van der Waals surface area contributed by atoms with E-state index in [1.807, 2.05) is 32.9 Å². The third-order valence-electron chi connectivity index (χ3n) is 4.63. The molecule has 2 unspecified atom stereocenters. The molecule has 1 aliphatic carbocycles. The molecule has 1 aromatic carbocycles. The Morgan fingerprint density at radius 3 is 2.36 bits per heavy atom. The Bertz CT molecular complexity index is 581. The standard InChI is InChI=1S/C19H29N3O2.ClH/c1-19(2,3)18(24)21-12-13-7-9-14(10-8-13)17(23)22-16-6-4-5-15(16)11-20;/h7-10,15-16H,4-6,11-12,20H2,1-3H3,(H,21,24)(H,22,23);1H. The van der Waals surface area contributed by atoms with Crippen molar-refractivity contribution in [2.45, 2.75) is 52.6 Å². The molecule has 0 aliphatic heterocycles. The van der Waals surface area contributed by atoms with E-state index in [-0.39, 0.29) is 30.3 Å². The van der Waals surface area contributed by atoms with Gasteiger partial charge in [0.25, 0.3) is 5.91 Å². The van der Waals surface area contributed by atoms with Crippen molar-refractivity contribution in [2.24, 2.45) is 17.1 Å². The summed E-state index contributed by atoms with van der Waals surface area (Å²) < 4.78 is 0. The summed E-state index contributed by atoms with van der Waals surface area (Å²) in [5, 5.41) is 6.00. The molecule has 25 heavy (non-hydrogen) atoms. The Labute approximate surface area is 156 Å². The predicted octanol–water partition coefficient (Wildman–Crippen LogP) is 2.63. The highest BCUT2D eigenvalue weighted by atomic mass is 35.5. The summed E-state index contributed by atoms with van der Waals surface area (Å²) in [6.07, 6.45) is 3.22. The fourth-order valence-electron chi connectivity index (χ4n) is 2.98. The SMILES string of the molecule is CC(C)(C)C(=O)NCc1ccc(C(=O)NC2CCCC2CN)cc1.Cl. The molecule has 2 rings (SSSR count). The van der Waals surface area contributed by atoms with E-state index >= 15 is 0 Å². The van der Waals surface area contributed by atoms with Crippen LogP contribution in [0.1, 0.15) is 56.0 Å². The number of benzene rings is 1. The van der Waals surface area contributed by atoms with Crippen molar-refractivity contribution in [3.63, 3.8) is 0 Å². The van der Waals surface area contributed by atoms with Crippen molar-refractivity contribution in [2.75, 3.05) is 6.54 Å². The minimum Gasteiger partial charge on any atom is -0.352 e. The van der Waals surface area contributed by atoms with Gasteiger partial charge in [-0.05, 0) is 43.0 Å². The largest absolute Gasteiger partial charge is 0.352 e. The second-order valence-electron chi connectivity index (χ2n) is 7.64. The van der Waals surface area contributed by atoms with Gasteiger partial charge in [0.05, 0.1) is 0 Å². The number of rotatable bonds is 5. The molecule has 1 aliphatic rings. The zero-order chi connectivity index (χ0) is 17.7. The monoisotopic (exact) mass is 367 g/mol. The van der Waals surface area contributed by atoms with Crippen molar-refractivity contribution in [1.82, 2.24) is 10.6 Å². The molecule has 140 valence electrons. The number of carbonyl (C=O) groups excluding carboxylic acids is 2. The van der Waals surface area contributed by atoms with Gasteiger partial charge in [-0.1, -0.05) is 39.3 Å². The van der Waals surface area contributed by atoms with Crippen LogP contribution in [0.4, 0.5) is 0 Å². The molecule has 4 N–H and O–H groups in total. The fourth-order valence-corrected chi connectivity index (χ4v) is 2.98. The van der Waals surface area contributed by atoms with Crippen LogP contribution < -0.4 is 16.4 Å². The van der Waals surface area contributed by atoms with Gasteiger partial charge in [-0.2, -0.15) is 0 Å². The van der Waals surface area contributed by atoms with Crippen LogP contribution >= 0.6 is 12.4 Å². The molecule has 6 heteroatoms. The molecule has 1 aromatic rings. The Balaban J connectivity index is 0.00000312. The van der Waals surface area contributed by atoms with Crippen molar-refractivity contribution < 1.29 is 9.59 Å². The van der Waals surface area contributed by atoms with Gasteiger partial charge in [0.1, 0.15) is 0 Å². The van der Waals surface area contributed by atoms with E-state index in [1.165, 1.54) is 0 Å². The van der Waals surface area contributed by atoms with Crippen LogP contribution in [0.2, 0.25) is 0 Å². The lowest BCUT2D eigenvalue weighted by Crippen LogP contribution is -2.39. The van der Waals surface area contributed by atoms with Gasteiger partial charge < -0.3 is 16.4 Å². The number of amides is 2. The Hall–Kier alpha value is -1.59. The zero-order valence-electron chi connectivity index (χ0n) is 15.3. The van der Waals surface area contributed by atoms with E-state index in [0.29, 0.717) is 24.6 Å². The number of hydrogen-bond acceptors (Lipinski definition) is 3. The van der Waals surface area contributed by atoms with E-state index in [0.717, 1.165) is 24.8 Å². The molecule has 1 fully saturated rings. The van der Waals surface area contributed by atoms with Gasteiger partial charge in [-0.3, -0.25) is 9.59 Å². The second-order valence-corrected chi connectivity index (χ2v) is 7.64. The van der Waals surface area contributed by atoms with E-state index < -0.39 is 5.41 Å². The van der Waals surface area contributed by atoms with Crippen molar-refractivity contribution in [3.8, 4) is 0 Å². The summed E-state index contributed by atoms with van der Waals surface area (Å²) in [5.41, 5.74) is 6.98. The van der Waals surface area contributed by atoms with Crippen LogP contribution in [0, 0.1) is 11.3 Å². The van der Waals surface area contributed by atoms with Gasteiger partial charge in [0.15, 0.2) is 0 Å². The Kier molecular flexibility index (Phi) is 7.90. The van der Waals surface area contributed by atoms with Gasteiger partial charge in [0, 0.05) is 23.6 Å². The smallest absolute Gasteiger partial charge is 0.251 e. The first-order valence-corrected chi connectivity index (χ1v) is 8.69. The van der Waals surface area contributed by atoms with E-state index in [1.54, 1.807) is 12.1 Å². The molecular weight excluding hydrogens is 338 g/mol. The summed E-state index contributed by atoms with van der Waals surface area (Å²) in [5.74, 6) is 0.352. The maximum atomic E-state index is 12.3. The lowest BCUT2D eigenvalue weighted by Gasteiger charge is -2.19. The molecule has 0 bridgehead atoms. The quantitative estimate of drug-likeness (QED) is 0.747. The molecule has 0 saturated heterocycles. The van der Waals surface area contributed by atoms with Gasteiger partial charge in [-0.25, -0.2) is 0 Å². The predicted molar refractivity (Wildman–Crippen MR) is 103 cm³/mol. The highest BCUT2D eigenvalue weighted by Crippen LogP contribution is 2.24. The maximum absolute atomic E-state index is 12.3. The molecule has 2 amide bonds. The van der Waals surface area contributed by atoms with Crippen molar-refractivity contribution in [3.05, 3.63) is 35.4 Å². The summed E-state index contributed by atoms with van der Waals surface area (Å²) >= 11 is 0. The molecule has 5 nitrogen and oxygen atoms in total. The van der Waals surface area contributed by atoms with E-state index in [4.69, 9.17) is 5.73 Å². The number of halogens is 1. The third kappa shape index (κ3) is 6.01. The second kappa shape index (κ2) is 9.20. The first-order chi connectivity index (χ1) is 11.3. The normalized spacial score (nSPS) is 19.8. The van der Waals surface area contributed by atoms with Crippen LogP contribution in [0.25, 0.3) is 0 Å². The highest BCUT2D eigenvalue weighted by Gasteiger charge is 2.27. The minimum absolute atomic E-state index is 0. The first kappa shape index (κ1) is 21.5. The van der Waals surface area contributed by atoms with Crippen LogP contribution in [-0.2, 0) is 11.3 Å². The highest BCUT2D eigenvalue weighted by molar-refractivity contribution is 5.94. The average Bonchev–Trinajstić information content (AvgIpc) is 2.99. The van der Waals surface area contributed by atoms with E-state index in [2.05, 4.69) is 10.6 Å². The molecule has 0 aromatic heterocycles. The van der Waals surface area contributed by atoms with Crippen molar-refractivity contribution in [1.29, 1.82) is 0 Å². The van der Waals surface area contributed by atoms with Gasteiger partial charge >= 0.3 is 0 Å². The molecule has 0 radical (unpaired) electrons. The average molecular weight is 368 g/mol. The molecular formula is C19H30ClN3O2. The van der Waals surface area contributed by atoms with E-state index in [9.17, 15) is 9.59 Å². The molecule has 0 heterocycles. The molecule has 2 atom stereocenters. The van der Waals surface area contributed by atoms with Crippen LogP contribution in [0.15, 0.2) is 24.3 Å². The topological polar surface area (TPSA) is 84.2 Å². The van der Waals surface area contributed by atoms with Crippen LogP contribution in [-0.4, -0.2) is 24.4 Å². The molecule has 1 saturated carbocycles. The summed E-state index contributed by atoms with van der Waals surface area (Å²) in [6, 6.07) is 7.56. The minimum atomic E-state index is -0.402. The number of nitrogens with one attached hydrogen (secondary N) is 2. The Morgan fingerprint density at radius 1 is 1.16 bits per heavy atom. The van der Waals surface area contributed by atoms with Crippen LogP contribution in [0.3, 0.4) is 0 Å². The van der Waals surface area contributed by atoms with Crippen LogP contribution in [0.5, 0.6) is 0 Å². The first-order valence-electron chi connectivity index (χ1n) is 8.69. The zero-order valence-corrected chi connectivity index (χ0v) is 16.1. The summed E-state index contributed by atoms with van der Waals surface area (Å²) in [4.78, 5) is 24.2. The lowest BCUT2D eigenvalue weighted by molar-refractivity contribution is -0.128. The van der Waals surface area contributed by atoms with Gasteiger partial charge in [-0.15, -0.1) is 12.4 Å². The number of nitrogens with two attached hydrogens (primary N) is 1. The third-order valence-corrected chi connectivity index (χ3v) is 4.63. The maximum Gasteiger partial charge on any atom is 0.251 e. The number of hydrogen-bond donors (Lipinski definition) is 3.